The number of benzene rings is 2. The van der Waals surface area contributed by atoms with Crippen molar-refractivity contribution >= 4 is 27.9 Å². The lowest BCUT2D eigenvalue weighted by atomic mass is 10.2. The predicted molar refractivity (Wildman–Crippen MR) is 110 cm³/mol. The smallest absolute Gasteiger partial charge is 0.244 e. The van der Waals surface area contributed by atoms with Crippen LogP contribution in [0.2, 0.25) is 0 Å². The summed E-state index contributed by atoms with van der Waals surface area (Å²) in [5, 5.41) is 7.40. The minimum atomic E-state index is -0.153. The summed E-state index contributed by atoms with van der Waals surface area (Å²) in [4.78, 5) is 12.0. The van der Waals surface area contributed by atoms with Gasteiger partial charge in [-0.1, -0.05) is 34.1 Å². The lowest BCUT2D eigenvalue weighted by Gasteiger charge is -2.05. The zero-order chi connectivity index (χ0) is 19.1. The van der Waals surface area contributed by atoms with Gasteiger partial charge in [-0.15, -0.1) is 0 Å². The Balaban J connectivity index is 1.52. The number of amides is 1. The fourth-order valence-corrected chi connectivity index (χ4v) is 2.97. The van der Waals surface area contributed by atoms with Crippen molar-refractivity contribution in [1.29, 1.82) is 0 Å². The maximum atomic E-state index is 12.0. The third-order valence-corrected chi connectivity index (χ3v) is 4.44. The van der Waals surface area contributed by atoms with Gasteiger partial charge in [0, 0.05) is 35.3 Å². The van der Waals surface area contributed by atoms with Crippen LogP contribution in [0.5, 0.6) is 5.75 Å². The molecule has 1 N–H and O–H groups in total. The van der Waals surface area contributed by atoms with E-state index in [0.29, 0.717) is 18.7 Å². The summed E-state index contributed by atoms with van der Waals surface area (Å²) in [7, 11) is 1.61. The molecule has 0 radical (unpaired) electrons. The number of hydrogen-bond acceptors (Lipinski definition) is 3. The highest BCUT2D eigenvalue weighted by atomic mass is 79.9. The van der Waals surface area contributed by atoms with Crippen molar-refractivity contribution in [3.63, 3.8) is 0 Å². The number of hydrogen-bond donors (Lipinski definition) is 1. The van der Waals surface area contributed by atoms with Crippen LogP contribution in [0.25, 0.3) is 11.8 Å². The first-order valence-corrected chi connectivity index (χ1v) is 9.34. The first-order chi connectivity index (χ1) is 13.2. The van der Waals surface area contributed by atoms with Gasteiger partial charge in [-0.3, -0.25) is 4.79 Å². The normalized spacial score (nSPS) is 10.9. The highest BCUT2D eigenvalue weighted by Gasteiger charge is 2.03. The molecule has 138 valence electrons. The van der Waals surface area contributed by atoms with Crippen LogP contribution in [0.3, 0.4) is 0 Å². The number of methoxy groups -OCH3 is 1. The zero-order valence-electron chi connectivity index (χ0n) is 14.9. The molecule has 2 aromatic carbocycles. The Morgan fingerprint density at radius 1 is 1.22 bits per heavy atom. The Hall–Kier alpha value is -2.86. The number of nitrogens with one attached hydrogen (secondary N) is 1. The minimum Gasteiger partial charge on any atom is -0.496 e. The Morgan fingerprint density at radius 2 is 2.04 bits per heavy atom. The number of aromatic nitrogens is 2. The number of carbonyl (C=O) groups excluding carboxylic acids is 1. The van der Waals surface area contributed by atoms with Gasteiger partial charge in [-0.05, 0) is 42.5 Å². The van der Waals surface area contributed by atoms with Crippen LogP contribution in [0.4, 0.5) is 0 Å². The molecule has 0 aliphatic rings. The molecule has 27 heavy (non-hydrogen) atoms. The van der Waals surface area contributed by atoms with E-state index in [1.807, 2.05) is 65.5 Å². The van der Waals surface area contributed by atoms with Gasteiger partial charge >= 0.3 is 0 Å². The fourth-order valence-electron chi connectivity index (χ4n) is 2.59. The van der Waals surface area contributed by atoms with Crippen LogP contribution >= 0.6 is 15.9 Å². The summed E-state index contributed by atoms with van der Waals surface area (Å²) < 4.78 is 8.05. The summed E-state index contributed by atoms with van der Waals surface area (Å²) in [6, 6.07) is 17.5. The molecule has 5 nitrogen and oxygen atoms in total. The summed E-state index contributed by atoms with van der Waals surface area (Å²) >= 11 is 3.42. The van der Waals surface area contributed by atoms with Gasteiger partial charge in [0.2, 0.25) is 5.91 Å². The maximum Gasteiger partial charge on any atom is 0.244 e. The van der Waals surface area contributed by atoms with Crippen LogP contribution < -0.4 is 10.1 Å². The molecule has 3 aromatic rings. The Morgan fingerprint density at radius 3 is 2.81 bits per heavy atom. The molecule has 0 fully saturated rings. The first kappa shape index (κ1) is 18.9. The van der Waals surface area contributed by atoms with Gasteiger partial charge in [-0.2, -0.15) is 5.10 Å². The average molecular weight is 426 g/mol. The molecular weight excluding hydrogens is 406 g/mol. The molecular formula is C21H20BrN3O2. The highest BCUT2D eigenvalue weighted by molar-refractivity contribution is 9.10. The molecule has 0 saturated heterocycles. The van der Waals surface area contributed by atoms with E-state index in [9.17, 15) is 4.79 Å². The van der Waals surface area contributed by atoms with Crippen molar-refractivity contribution in [3.05, 3.63) is 82.6 Å². The first-order valence-electron chi connectivity index (χ1n) is 8.55. The third-order valence-electron chi connectivity index (χ3n) is 3.95. The molecule has 1 heterocycles. The van der Waals surface area contributed by atoms with Gasteiger partial charge in [0.15, 0.2) is 0 Å². The van der Waals surface area contributed by atoms with E-state index in [4.69, 9.17) is 4.74 Å². The van der Waals surface area contributed by atoms with Crippen LogP contribution in [0.15, 0.2) is 71.3 Å². The second-order valence-electron chi connectivity index (χ2n) is 5.85. The number of rotatable bonds is 7. The zero-order valence-corrected chi connectivity index (χ0v) is 16.5. The van der Waals surface area contributed by atoms with E-state index in [2.05, 4.69) is 26.3 Å². The second-order valence-corrected chi connectivity index (χ2v) is 6.76. The summed E-state index contributed by atoms with van der Waals surface area (Å²) in [5.41, 5.74) is 2.78. The van der Waals surface area contributed by atoms with Crippen molar-refractivity contribution in [2.24, 2.45) is 0 Å². The van der Waals surface area contributed by atoms with E-state index >= 15 is 0 Å². The fraction of sp³-hybridized carbons (Fsp3) is 0.143. The lowest BCUT2D eigenvalue weighted by molar-refractivity contribution is -0.116. The van der Waals surface area contributed by atoms with E-state index in [-0.39, 0.29) is 5.91 Å². The number of carbonyl (C=O) groups is 1. The van der Waals surface area contributed by atoms with Crippen molar-refractivity contribution in [3.8, 4) is 11.4 Å². The molecule has 0 aliphatic carbocycles. The molecule has 1 aromatic heterocycles. The summed E-state index contributed by atoms with van der Waals surface area (Å²) in [6.45, 7) is 0.518. The number of para-hydroxylation sites is 1. The Kier molecular flexibility index (Phi) is 6.44. The third kappa shape index (κ3) is 5.31. The van der Waals surface area contributed by atoms with E-state index < -0.39 is 0 Å². The average Bonchev–Trinajstić information content (AvgIpc) is 3.16. The van der Waals surface area contributed by atoms with Gasteiger partial charge in [0.05, 0.1) is 18.5 Å². The van der Waals surface area contributed by atoms with Crippen molar-refractivity contribution in [2.75, 3.05) is 13.7 Å². The van der Waals surface area contributed by atoms with Crippen LogP contribution in [-0.4, -0.2) is 29.3 Å². The lowest BCUT2D eigenvalue weighted by Crippen LogP contribution is -2.23. The minimum absolute atomic E-state index is 0.153. The van der Waals surface area contributed by atoms with Crippen molar-refractivity contribution in [2.45, 2.75) is 6.42 Å². The maximum absolute atomic E-state index is 12.0. The number of ether oxygens (including phenoxy) is 1. The summed E-state index contributed by atoms with van der Waals surface area (Å²) in [5.74, 6) is 0.563. The monoisotopic (exact) mass is 425 g/mol. The number of nitrogens with zero attached hydrogens (tertiary/aromatic N) is 2. The molecule has 0 saturated carbocycles. The molecule has 1 amide bonds. The Bertz CT molecular complexity index is 936. The standard InChI is InChI=1S/C21H20BrN3O2/c1-27-20-9-8-17(22)15-16(20)7-10-21(26)23-13-11-18-12-14-25(24-18)19-5-3-2-4-6-19/h2-10,12,14-15H,11,13H2,1H3,(H,23,26)/b10-7+. The molecule has 3 rings (SSSR count). The van der Waals surface area contributed by atoms with Crippen LogP contribution in [0, 0.1) is 0 Å². The van der Waals surface area contributed by atoms with Crippen LogP contribution in [-0.2, 0) is 11.2 Å². The van der Waals surface area contributed by atoms with Crippen molar-refractivity contribution < 1.29 is 9.53 Å². The second kappa shape index (κ2) is 9.19. The molecule has 0 aliphatic heterocycles. The van der Waals surface area contributed by atoms with E-state index in [0.717, 1.165) is 21.4 Å². The van der Waals surface area contributed by atoms with Gasteiger partial charge in [-0.25, -0.2) is 4.68 Å². The highest BCUT2D eigenvalue weighted by Crippen LogP contribution is 2.24. The molecule has 0 spiro atoms. The largest absolute Gasteiger partial charge is 0.496 e. The SMILES string of the molecule is COc1ccc(Br)cc1/C=C/C(=O)NCCc1ccn(-c2ccccc2)n1. The molecule has 0 atom stereocenters. The predicted octanol–water partition coefficient (Wildman–Crippen LogP) is 4.02. The quantitative estimate of drug-likeness (QED) is 0.581. The van der Waals surface area contributed by atoms with E-state index in [1.165, 1.54) is 6.08 Å². The topological polar surface area (TPSA) is 56.1 Å². The molecule has 6 heteroatoms. The van der Waals surface area contributed by atoms with Crippen molar-refractivity contribution in [1.82, 2.24) is 15.1 Å². The Labute approximate surface area is 166 Å². The van der Waals surface area contributed by atoms with Gasteiger partial charge in [0.25, 0.3) is 0 Å². The van der Waals surface area contributed by atoms with Gasteiger partial charge in [0.1, 0.15) is 5.75 Å². The number of halogens is 1. The summed E-state index contributed by atoms with van der Waals surface area (Å²) in [6.07, 6.45) is 5.83. The molecule has 0 unspecified atom stereocenters. The van der Waals surface area contributed by atoms with Gasteiger partial charge < -0.3 is 10.1 Å². The van der Waals surface area contributed by atoms with Crippen LogP contribution in [0.1, 0.15) is 11.3 Å². The van der Waals surface area contributed by atoms with E-state index in [1.54, 1.807) is 13.2 Å². The molecule has 0 bridgehead atoms.